The molecular formula is C10H15N3O5. The third-order valence-electron chi connectivity index (χ3n) is 2.45. The van der Waals surface area contributed by atoms with Gasteiger partial charge in [0.2, 0.25) is 0 Å². The van der Waals surface area contributed by atoms with Crippen LogP contribution in [0.1, 0.15) is 10.5 Å². The topological polar surface area (TPSA) is 109 Å². The van der Waals surface area contributed by atoms with Gasteiger partial charge in [-0.25, -0.2) is 0 Å². The first kappa shape index (κ1) is 14.1. The summed E-state index contributed by atoms with van der Waals surface area (Å²) in [6.07, 6.45) is 1.24. The average molecular weight is 257 g/mol. The fraction of sp³-hybridized carbons (Fsp3) is 0.500. The van der Waals surface area contributed by atoms with Crippen molar-refractivity contribution in [2.45, 2.75) is 0 Å². The van der Waals surface area contributed by atoms with E-state index in [4.69, 9.17) is 10.2 Å². The van der Waals surface area contributed by atoms with Gasteiger partial charge >= 0.3 is 0 Å². The maximum atomic E-state index is 12.0. The van der Waals surface area contributed by atoms with Crippen LogP contribution in [0.3, 0.4) is 0 Å². The summed E-state index contributed by atoms with van der Waals surface area (Å²) >= 11 is 0. The predicted octanol–water partition coefficient (Wildman–Crippen LogP) is -0.640. The Balaban J connectivity index is 2.97. The standard InChI is InChI=1S/C10H15N3O5/c1-11-7-8(13(17)18)6-9(11)10(16)12(2-4-14)3-5-15/h6-7,14-15H,2-5H2,1H3. The normalized spacial score (nSPS) is 10.4. The zero-order valence-electron chi connectivity index (χ0n) is 9.94. The van der Waals surface area contributed by atoms with Gasteiger partial charge in [-0.2, -0.15) is 0 Å². The molecule has 1 heterocycles. The number of nitro groups is 1. The van der Waals surface area contributed by atoms with Crippen LogP contribution in [0.4, 0.5) is 5.69 Å². The van der Waals surface area contributed by atoms with Gasteiger partial charge in [0, 0.05) is 26.2 Å². The van der Waals surface area contributed by atoms with Crippen molar-refractivity contribution in [2.75, 3.05) is 26.3 Å². The van der Waals surface area contributed by atoms with Crippen LogP contribution in [0.15, 0.2) is 12.3 Å². The SMILES string of the molecule is Cn1cc([N+](=O)[O-])cc1C(=O)N(CCO)CCO. The molecule has 0 aromatic carbocycles. The molecule has 0 fully saturated rings. The molecule has 1 aromatic heterocycles. The quantitative estimate of drug-likeness (QED) is 0.520. The van der Waals surface area contributed by atoms with Gasteiger partial charge in [0.1, 0.15) is 5.69 Å². The van der Waals surface area contributed by atoms with E-state index < -0.39 is 10.8 Å². The van der Waals surface area contributed by atoms with Crippen LogP contribution in [0, 0.1) is 10.1 Å². The molecule has 1 amide bonds. The fourth-order valence-electron chi connectivity index (χ4n) is 1.58. The Kier molecular flexibility index (Phi) is 4.81. The van der Waals surface area contributed by atoms with Crippen LogP contribution in [0.2, 0.25) is 0 Å². The van der Waals surface area contributed by atoms with Crippen LogP contribution in [0.5, 0.6) is 0 Å². The summed E-state index contributed by atoms with van der Waals surface area (Å²) in [6.45, 7) is -0.340. The molecule has 0 atom stereocenters. The van der Waals surface area contributed by atoms with Gasteiger partial charge in [0.15, 0.2) is 0 Å². The lowest BCUT2D eigenvalue weighted by atomic mass is 10.3. The van der Waals surface area contributed by atoms with Gasteiger partial charge in [-0.15, -0.1) is 0 Å². The van der Waals surface area contributed by atoms with Crippen LogP contribution in [0.25, 0.3) is 0 Å². The number of aromatic nitrogens is 1. The lowest BCUT2D eigenvalue weighted by Gasteiger charge is -2.20. The third-order valence-corrected chi connectivity index (χ3v) is 2.45. The number of hydrogen-bond donors (Lipinski definition) is 2. The highest BCUT2D eigenvalue weighted by Gasteiger charge is 2.21. The molecule has 8 heteroatoms. The Morgan fingerprint density at radius 2 is 2.00 bits per heavy atom. The molecule has 0 saturated carbocycles. The molecule has 2 N–H and O–H groups in total. The minimum Gasteiger partial charge on any atom is -0.395 e. The Hall–Kier alpha value is -1.93. The molecule has 100 valence electrons. The molecule has 0 bridgehead atoms. The minimum atomic E-state index is -0.584. The van der Waals surface area contributed by atoms with Crippen molar-refractivity contribution in [1.82, 2.24) is 9.47 Å². The highest BCUT2D eigenvalue weighted by molar-refractivity contribution is 5.93. The Morgan fingerprint density at radius 1 is 1.44 bits per heavy atom. The van der Waals surface area contributed by atoms with Crippen LogP contribution < -0.4 is 0 Å². The summed E-state index contributed by atoms with van der Waals surface area (Å²) < 4.78 is 1.35. The summed E-state index contributed by atoms with van der Waals surface area (Å²) in [4.78, 5) is 23.3. The monoisotopic (exact) mass is 257 g/mol. The van der Waals surface area contributed by atoms with Gasteiger partial charge in [-0.3, -0.25) is 14.9 Å². The van der Waals surface area contributed by atoms with E-state index in [1.54, 1.807) is 0 Å². The van der Waals surface area contributed by atoms with Crippen molar-refractivity contribution in [3.63, 3.8) is 0 Å². The number of aliphatic hydroxyl groups is 2. The molecule has 0 aliphatic heterocycles. The van der Waals surface area contributed by atoms with E-state index in [2.05, 4.69) is 0 Å². The lowest BCUT2D eigenvalue weighted by Crippen LogP contribution is -2.36. The molecule has 0 radical (unpaired) electrons. The maximum absolute atomic E-state index is 12.0. The molecule has 0 spiro atoms. The molecule has 0 aliphatic rings. The van der Waals surface area contributed by atoms with Gasteiger partial charge in [-0.1, -0.05) is 0 Å². The number of carbonyl (C=O) groups excluding carboxylic acids is 1. The molecule has 8 nitrogen and oxygen atoms in total. The second kappa shape index (κ2) is 6.12. The number of carbonyl (C=O) groups is 1. The minimum absolute atomic E-state index is 0.0678. The Labute approximate surface area is 103 Å². The first-order valence-corrected chi connectivity index (χ1v) is 5.33. The lowest BCUT2D eigenvalue weighted by molar-refractivity contribution is -0.384. The van der Waals surface area contributed by atoms with Crippen molar-refractivity contribution >= 4 is 11.6 Å². The number of nitrogens with zero attached hydrogens (tertiary/aromatic N) is 3. The van der Waals surface area contributed by atoms with Crippen molar-refractivity contribution < 1.29 is 19.9 Å². The van der Waals surface area contributed by atoms with E-state index in [1.807, 2.05) is 0 Å². The first-order chi connectivity index (χ1) is 8.51. The zero-order valence-corrected chi connectivity index (χ0v) is 9.94. The van der Waals surface area contributed by atoms with Gasteiger partial charge in [0.05, 0.1) is 24.3 Å². The molecule has 18 heavy (non-hydrogen) atoms. The summed E-state index contributed by atoms with van der Waals surface area (Å²) in [5, 5.41) is 28.3. The molecule has 1 rings (SSSR count). The van der Waals surface area contributed by atoms with Crippen molar-refractivity contribution in [2.24, 2.45) is 7.05 Å². The predicted molar refractivity (Wildman–Crippen MR) is 62.1 cm³/mol. The maximum Gasteiger partial charge on any atom is 0.287 e. The summed E-state index contributed by atoms with van der Waals surface area (Å²) in [5.41, 5.74) is -0.0302. The third kappa shape index (κ3) is 3.05. The number of amides is 1. The smallest absolute Gasteiger partial charge is 0.287 e. The highest BCUT2D eigenvalue weighted by Crippen LogP contribution is 2.16. The number of aryl methyl sites for hydroxylation is 1. The second-order valence-corrected chi connectivity index (χ2v) is 3.69. The zero-order chi connectivity index (χ0) is 13.7. The van der Waals surface area contributed by atoms with E-state index in [-0.39, 0.29) is 37.7 Å². The second-order valence-electron chi connectivity index (χ2n) is 3.69. The number of aliphatic hydroxyl groups excluding tert-OH is 2. The molecule has 1 aromatic rings. The van der Waals surface area contributed by atoms with Crippen molar-refractivity contribution in [1.29, 1.82) is 0 Å². The summed E-state index contributed by atoms with van der Waals surface area (Å²) in [6, 6.07) is 1.17. The van der Waals surface area contributed by atoms with Gasteiger partial charge < -0.3 is 19.7 Å². The Bertz CT molecular complexity index is 437. The highest BCUT2D eigenvalue weighted by atomic mass is 16.6. The molecule has 0 aliphatic carbocycles. The van der Waals surface area contributed by atoms with Crippen molar-refractivity contribution in [3.8, 4) is 0 Å². The number of hydrogen-bond acceptors (Lipinski definition) is 5. The number of rotatable bonds is 6. The van der Waals surface area contributed by atoms with Gasteiger partial charge in [-0.05, 0) is 0 Å². The average Bonchev–Trinajstić information content (AvgIpc) is 2.70. The van der Waals surface area contributed by atoms with E-state index in [9.17, 15) is 14.9 Å². The molecule has 0 saturated heterocycles. The summed E-state index contributed by atoms with van der Waals surface area (Å²) in [5.74, 6) is -0.464. The van der Waals surface area contributed by atoms with Crippen molar-refractivity contribution in [3.05, 3.63) is 28.1 Å². The van der Waals surface area contributed by atoms with Crippen LogP contribution in [-0.2, 0) is 7.05 Å². The van der Waals surface area contributed by atoms with Crippen LogP contribution in [-0.4, -0.2) is 56.8 Å². The van der Waals surface area contributed by atoms with Gasteiger partial charge in [0.25, 0.3) is 11.6 Å². The summed E-state index contributed by atoms with van der Waals surface area (Å²) in [7, 11) is 1.52. The first-order valence-electron chi connectivity index (χ1n) is 5.33. The van der Waals surface area contributed by atoms with E-state index in [0.29, 0.717) is 0 Å². The molecular weight excluding hydrogens is 242 g/mol. The Morgan fingerprint density at radius 3 is 2.39 bits per heavy atom. The van der Waals surface area contributed by atoms with Crippen LogP contribution >= 0.6 is 0 Å². The van der Waals surface area contributed by atoms with E-state index in [1.165, 1.54) is 28.8 Å². The van der Waals surface area contributed by atoms with E-state index in [0.717, 1.165) is 0 Å². The molecule has 0 unspecified atom stereocenters. The van der Waals surface area contributed by atoms with E-state index >= 15 is 0 Å². The largest absolute Gasteiger partial charge is 0.395 e. The fourth-order valence-corrected chi connectivity index (χ4v) is 1.58.